The average molecular weight is 282 g/mol. The van der Waals surface area contributed by atoms with E-state index in [0.29, 0.717) is 24.3 Å². The summed E-state index contributed by atoms with van der Waals surface area (Å²) in [5.41, 5.74) is 5.47. The molecule has 3 N–H and O–H groups in total. The Balaban J connectivity index is 2.30. The first-order valence-electron chi connectivity index (χ1n) is 8.54. The molecule has 1 saturated carbocycles. The van der Waals surface area contributed by atoms with Crippen LogP contribution in [0.4, 0.5) is 0 Å². The molecular weight excluding hydrogens is 248 g/mol. The van der Waals surface area contributed by atoms with E-state index in [1.807, 2.05) is 0 Å². The highest BCUT2D eigenvalue weighted by molar-refractivity contribution is 5.76. The molecule has 1 aliphatic carbocycles. The van der Waals surface area contributed by atoms with E-state index in [2.05, 4.69) is 26.1 Å². The summed E-state index contributed by atoms with van der Waals surface area (Å²) >= 11 is 0. The molecule has 1 fully saturated rings. The van der Waals surface area contributed by atoms with Gasteiger partial charge < -0.3 is 11.1 Å². The van der Waals surface area contributed by atoms with Crippen LogP contribution in [-0.4, -0.2) is 18.5 Å². The lowest BCUT2D eigenvalue weighted by Crippen LogP contribution is -2.45. The molecule has 3 unspecified atom stereocenters. The van der Waals surface area contributed by atoms with Crippen molar-refractivity contribution in [1.29, 1.82) is 0 Å². The van der Waals surface area contributed by atoms with Gasteiger partial charge in [0.1, 0.15) is 0 Å². The van der Waals surface area contributed by atoms with Crippen LogP contribution in [0.5, 0.6) is 0 Å². The van der Waals surface area contributed by atoms with Crippen molar-refractivity contribution in [2.45, 2.75) is 78.2 Å². The van der Waals surface area contributed by atoms with Crippen LogP contribution < -0.4 is 11.1 Å². The summed E-state index contributed by atoms with van der Waals surface area (Å²) in [5.74, 6) is 2.33. The van der Waals surface area contributed by atoms with Crippen LogP contribution in [0.3, 0.4) is 0 Å². The first-order valence-corrected chi connectivity index (χ1v) is 8.54. The fraction of sp³-hybridized carbons (Fsp3) is 0.941. The summed E-state index contributed by atoms with van der Waals surface area (Å²) in [4.78, 5) is 12.1. The molecule has 0 aromatic rings. The number of carbonyl (C=O) groups excluding carboxylic acids is 1. The molecule has 3 atom stereocenters. The molecule has 1 amide bonds. The number of rotatable bonds is 8. The molecule has 0 saturated heterocycles. The first-order chi connectivity index (χ1) is 9.54. The first kappa shape index (κ1) is 17.5. The van der Waals surface area contributed by atoms with E-state index in [4.69, 9.17) is 5.73 Å². The summed E-state index contributed by atoms with van der Waals surface area (Å²) < 4.78 is 0. The van der Waals surface area contributed by atoms with Gasteiger partial charge >= 0.3 is 0 Å². The zero-order valence-electron chi connectivity index (χ0n) is 13.7. The maximum atomic E-state index is 12.1. The van der Waals surface area contributed by atoms with Gasteiger partial charge in [0.15, 0.2) is 0 Å². The van der Waals surface area contributed by atoms with Gasteiger partial charge in [-0.3, -0.25) is 4.79 Å². The zero-order chi connectivity index (χ0) is 15.0. The Morgan fingerprint density at radius 3 is 2.55 bits per heavy atom. The van der Waals surface area contributed by atoms with Crippen molar-refractivity contribution in [3.8, 4) is 0 Å². The highest BCUT2D eigenvalue weighted by Crippen LogP contribution is 2.33. The minimum Gasteiger partial charge on any atom is -0.353 e. The van der Waals surface area contributed by atoms with E-state index in [0.717, 1.165) is 44.6 Å². The van der Waals surface area contributed by atoms with Crippen molar-refractivity contribution in [2.75, 3.05) is 6.54 Å². The molecule has 0 heterocycles. The van der Waals surface area contributed by atoms with Crippen LogP contribution in [0, 0.1) is 17.8 Å². The van der Waals surface area contributed by atoms with Crippen LogP contribution in [-0.2, 0) is 4.79 Å². The number of amides is 1. The summed E-state index contributed by atoms with van der Waals surface area (Å²) in [6.07, 6.45) is 8.77. The molecular formula is C17H34N2O. The maximum absolute atomic E-state index is 12.1. The largest absolute Gasteiger partial charge is 0.353 e. The molecule has 0 aromatic carbocycles. The summed E-state index contributed by atoms with van der Waals surface area (Å²) in [6.45, 7) is 7.64. The summed E-state index contributed by atoms with van der Waals surface area (Å²) in [5, 5.41) is 3.31. The fourth-order valence-electron chi connectivity index (χ4n) is 3.43. The van der Waals surface area contributed by atoms with Crippen molar-refractivity contribution in [2.24, 2.45) is 23.5 Å². The third-order valence-electron chi connectivity index (χ3n) is 4.73. The molecule has 20 heavy (non-hydrogen) atoms. The van der Waals surface area contributed by atoms with Crippen LogP contribution in [0.15, 0.2) is 0 Å². The summed E-state index contributed by atoms with van der Waals surface area (Å²) in [7, 11) is 0. The van der Waals surface area contributed by atoms with Crippen molar-refractivity contribution in [1.82, 2.24) is 5.32 Å². The van der Waals surface area contributed by atoms with Crippen molar-refractivity contribution in [3.05, 3.63) is 0 Å². The number of hydrogen-bond donors (Lipinski definition) is 2. The molecule has 0 spiro atoms. The molecule has 0 radical (unpaired) electrons. The number of carbonyl (C=O) groups is 1. The highest BCUT2D eigenvalue weighted by Gasteiger charge is 2.31. The van der Waals surface area contributed by atoms with Gasteiger partial charge in [-0.2, -0.15) is 0 Å². The Hall–Kier alpha value is -0.570. The second-order valence-corrected chi connectivity index (χ2v) is 6.95. The number of unbranched alkanes of at least 4 members (excludes halogenated alkanes) is 3. The standard InChI is InChI=1S/C17H34N2O/c1-13(2)15-10-9-14(3)12-16(15)19-17(20)8-6-4-5-7-11-18/h13-16H,4-12,18H2,1-3H3,(H,19,20). The highest BCUT2D eigenvalue weighted by atomic mass is 16.1. The lowest BCUT2D eigenvalue weighted by Gasteiger charge is -2.37. The molecule has 0 aliphatic heterocycles. The van der Waals surface area contributed by atoms with E-state index >= 15 is 0 Å². The minimum absolute atomic E-state index is 0.252. The predicted octanol–water partition coefficient (Wildman–Crippen LogP) is 3.47. The Morgan fingerprint density at radius 2 is 1.90 bits per heavy atom. The molecule has 118 valence electrons. The predicted molar refractivity (Wildman–Crippen MR) is 85.4 cm³/mol. The molecule has 3 heteroatoms. The SMILES string of the molecule is CC1CCC(C(C)C)C(NC(=O)CCCCCCN)C1. The zero-order valence-corrected chi connectivity index (χ0v) is 13.7. The van der Waals surface area contributed by atoms with Crippen LogP contribution in [0.1, 0.15) is 72.1 Å². The van der Waals surface area contributed by atoms with E-state index in [9.17, 15) is 4.79 Å². The maximum Gasteiger partial charge on any atom is 0.220 e. The van der Waals surface area contributed by atoms with Crippen molar-refractivity contribution < 1.29 is 4.79 Å². The van der Waals surface area contributed by atoms with E-state index < -0.39 is 0 Å². The van der Waals surface area contributed by atoms with Crippen molar-refractivity contribution >= 4 is 5.91 Å². The molecule has 1 aliphatic rings. The van der Waals surface area contributed by atoms with Gasteiger partial charge in [0.2, 0.25) is 5.91 Å². The molecule has 1 rings (SSSR count). The Bertz CT molecular complexity index is 278. The minimum atomic E-state index is 0.252. The monoisotopic (exact) mass is 282 g/mol. The number of hydrogen-bond acceptors (Lipinski definition) is 2. The van der Waals surface area contributed by atoms with Crippen LogP contribution in [0.2, 0.25) is 0 Å². The Kier molecular flexibility index (Phi) is 8.20. The van der Waals surface area contributed by atoms with Gasteiger partial charge in [0.25, 0.3) is 0 Å². The van der Waals surface area contributed by atoms with Crippen LogP contribution in [0.25, 0.3) is 0 Å². The smallest absolute Gasteiger partial charge is 0.220 e. The topological polar surface area (TPSA) is 55.1 Å². The summed E-state index contributed by atoms with van der Waals surface area (Å²) in [6, 6.07) is 0.398. The van der Waals surface area contributed by atoms with Gasteiger partial charge in [-0.15, -0.1) is 0 Å². The lowest BCUT2D eigenvalue weighted by atomic mass is 9.74. The Labute approximate surface area is 125 Å². The van der Waals surface area contributed by atoms with Gasteiger partial charge in [-0.05, 0) is 50.0 Å². The van der Waals surface area contributed by atoms with Gasteiger partial charge in [-0.1, -0.05) is 40.0 Å². The van der Waals surface area contributed by atoms with Gasteiger partial charge in [0.05, 0.1) is 0 Å². The quantitative estimate of drug-likeness (QED) is 0.670. The second kappa shape index (κ2) is 9.38. The average Bonchev–Trinajstić information content (AvgIpc) is 2.38. The van der Waals surface area contributed by atoms with Crippen molar-refractivity contribution in [3.63, 3.8) is 0 Å². The molecule has 0 bridgehead atoms. The van der Waals surface area contributed by atoms with Gasteiger partial charge in [-0.25, -0.2) is 0 Å². The van der Waals surface area contributed by atoms with E-state index in [1.54, 1.807) is 0 Å². The molecule has 0 aromatic heterocycles. The normalized spacial score (nSPS) is 26.8. The third-order valence-corrected chi connectivity index (χ3v) is 4.73. The third kappa shape index (κ3) is 6.25. The van der Waals surface area contributed by atoms with Crippen LogP contribution >= 0.6 is 0 Å². The molecule has 3 nitrogen and oxygen atoms in total. The number of nitrogens with one attached hydrogen (secondary N) is 1. The van der Waals surface area contributed by atoms with Gasteiger partial charge in [0, 0.05) is 12.5 Å². The second-order valence-electron chi connectivity index (χ2n) is 6.95. The van der Waals surface area contributed by atoms with E-state index in [1.165, 1.54) is 12.8 Å². The fourth-order valence-corrected chi connectivity index (χ4v) is 3.43. The Morgan fingerprint density at radius 1 is 1.20 bits per heavy atom. The number of nitrogens with two attached hydrogens (primary N) is 1. The van der Waals surface area contributed by atoms with E-state index in [-0.39, 0.29) is 5.91 Å². The lowest BCUT2D eigenvalue weighted by molar-refractivity contribution is -0.122.